The van der Waals surface area contributed by atoms with Gasteiger partial charge in [0.05, 0.1) is 19.8 Å². The molecule has 7 heteroatoms. The van der Waals surface area contributed by atoms with Crippen LogP contribution in [-0.2, 0) is 22.4 Å². The second-order valence-corrected chi connectivity index (χ2v) is 7.75. The van der Waals surface area contributed by atoms with Gasteiger partial charge in [-0.3, -0.25) is 4.79 Å². The molecule has 7 nitrogen and oxygen atoms in total. The summed E-state index contributed by atoms with van der Waals surface area (Å²) in [6, 6.07) is 8.47. The van der Waals surface area contributed by atoms with Crippen LogP contribution in [0.5, 0.6) is 23.0 Å². The lowest BCUT2D eigenvalue weighted by atomic mass is 10.0. The van der Waals surface area contributed by atoms with E-state index < -0.39 is 18.0 Å². The van der Waals surface area contributed by atoms with Crippen molar-refractivity contribution in [3.05, 3.63) is 58.7 Å². The fourth-order valence-corrected chi connectivity index (χ4v) is 3.42. The van der Waals surface area contributed by atoms with E-state index in [0.717, 1.165) is 16.7 Å². The van der Waals surface area contributed by atoms with Gasteiger partial charge in [0.2, 0.25) is 0 Å². The molecule has 2 aromatic rings. The van der Waals surface area contributed by atoms with Crippen LogP contribution in [0, 0.1) is 0 Å². The van der Waals surface area contributed by atoms with Crippen LogP contribution in [0.3, 0.4) is 0 Å². The molecule has 0 saturated carbocycles. The number of carbonyl (C=O) groups excluding carboxylic acids is 2. The normalized spacial score (nSPS) is 14.5. The van der Waals surface area contributed by atoms with E-state index in [-0.39, 0.29) is 6.61 Å². The Hall–Kier alpha value is -3.48. The lowest BCUT2D eigenvalue weighted by molar-refractivity contribution is -0.131. The van der Waals surface area contributed by atoms with Crippen LogP contribution in [0.4, 0.5) is 0 Å². The van der Waals surface area contributed by atoms with Crippen LogP contribution in [-0.4, -0.2) is 38.9 Å². The zero-order chi connectivity index (χ0) is 23.3. The van der Waals surface area contributed by atoms with Crippen LogP contribution in [0.25, 0.3) is 0 Å². The van der Waals surface area contributed by atoms with Crippen molar-refractivity contribution in [2.45, 2.75) is 39.7 Å². The summed E-state index contributed by atoms with van der Waals surface area (Å²) in [5.74, 6) is 1.45. The second-order valence-electron chi connectivity index (χ2n) is 7.75. The van der Waals surface area contributed by atoms with Crippen LogP contribution in [0.1, 0.15) is 42.3 Å². The Balaban J connectivity index is 1.78. The predicted molar refractivity (Wildman–Crippen MR) is 119 cm³/mol. The van der Waals surface area contributed by atoms with Gasteiger partial charge < -0.3 is 23.7 Å². The molecule has 170 valence electrons. The maximum atomic E-state index is 12.9. The van der Waals surface area contributed by atoms with Crippen molar-refractivity contribution in [1.82, 2.24) is 0 Å². The SMILES string of the molecule is COc1cc(OC)c2c(c1)OCC(OC(=O)c1ccc(OC(C)=O)c(CC=C(C)C)c1)C2. The minimum Gasteiger partial charge on any atom is -0.496 e. The molecular formula is C25H28O7. The highest BCUT2D eigenvalue weighted by Crippen LogP contribution is 2.38. The van der Waals surface area contributed by atoms with Gasteiger partial charge in [0, 0.05) is 31.0 Å². The number of methoxy groups -OCH3 is 2. The van der Waals surface area contributed by atoms with E-state index in [2.05, 4.69) is 0 Å². The molecule has 0 aromatic heterocycles. The third-order valence-electron chi connectivity index (χ3n) is 5.01. The lowest BCUT2D eigenvalue weighted by Gasteiger charge is -2.27. The zero-order valence-corrected chi connectivity index (χ0v) is 19.0. The Morgan fingerprint density at radius 1 is 1.06 bits per heavy atom. The van der Waals surface area contributed by atoms with Crippen molar-refractivity contribution in [1.29, 1.82) is 0 Å². The van der Waals surface area contributed by atoms with Crippen LogP contribution in [0.2, 0.25) is 0 Å². The number of carbonyl (C=O) groups is 2. The third-order valence-corrected chi connectivity index (χ3v) is 5.01. The molecule has 0 N–H and O–H groups in total. The van der Waals surface area contributed by atoms with E-state index in [1.807, 2.05) is 19.9 Å². The fourth-order valence-electron chi connectivity index (χ4n) is 3.42. The molecule has 3 rings (SSSR count). The molecule has 1 aliphatic heterocycles. The number of hydrogen-bond acceptors (Lipinski definition) is 7. The van der Waals surface area contributed by atoms with Crippen molar-refractivity contribution in [3.8, 4) is 23.0 Å². The minimum absolute atomic E-state index is 0.227. The zero-order valence-electron chi connectivity index (χ0n) is 19.0. The summed E-state index contributed by atoms with van der Waals surface area (Å²) in [4.78, 5) is 24.3. The highest BCUT2D eigenvalue weighted by atomic mass is 16.6. The van der Waals surface area contributed by atoms with Crippen molar-refractivity contribution in [3.63, 3.8) is 0 Å². The monoisotopic (exact) mass is 440 g/mol. The summed E-state index contributed by atoms with van der Waals surface area (Å²) in [5.41, 5.74) is 3.06. The van der Waals surface area contributed by atoms with Gasteiger partial charge in [-0.25, -0.2) is 4.79 Å². The quantitative estimate of drug-likeness (QED) is 0.361. The number of esters is 2. The van der Waals surface area contributed by atoms with Gasteiger partial charge in [0.25, 0.3) is 0 Å². The molecule has 0 bridgehead atoms. The minimum atomic E-state index is -0.470. The number of allylic oxidation sites excluding steroid dienone is 2. The van der Waals surface area contributed by atoms with E-state index in [9.17, 15) is 9.59 Å². The smallest absolute Gasteiger partial charge is 0.338 e. The standard InChI is InChI=1S/C25H28O7/c1-15(2)6-7-17-10-18(8-9-22(17)31-16(3)26)25(27)32-20-11-21-23(29-5)12-19(28-4)13-24(21)30-14-20/h6,8-10,12-13,20H,7,11,14H2,1-5H3. The van der Waals surface area contributed by atoms with Gasteiger partial charge >= 0.3 is 11.9 Å². The molecule has 2 aromatic carbocycles. The molecule has 0 spiro atoms. The first-order valence-electron chi connectivity index (χ1n) is 10.3. The van der Waals surface area contributed by atoms with Crippen molar-refractivity contribution >= 4 is 11.9 Å². The molecule has 0 radical (unpaired) electrons. The molecule has 32 heavy (non-hydrogen) atoms. The number of fused-ring (bicyclic) bond motifs is 1. The molecule has 0 amide bonds. The Morgan fingerprint density at radius 3 is 2.50 bits per heavy atom. The summed E-state index contributed by atoms with van der Waals surface area (Å²) in [6.45, 7) is 5.53. The molecule has 1 aliphatic rings. The van der Waals surface area contributed by atoms with Crippen molar-refractivity contribution in [2.75, 3.05) is 20.8 Å². The topological polar surface area (TPSA) is 80.3 Å². The van der Waals surface area contributed by atoms with Crippen LogP contribution >= 0.6 is 0 Å². The maximum Gasteiger partial charge on any atom is 0.338 e. The Kier molecular flexibility index (Phi) is 7.41. The summed E-state index contributed by atoms with van der Waals surface area (Å²) >= 11 is 0. The third kappa shape index (κ3) is 5.60. The van der Waals surface area contributed by atoms with Gasteiger partial charge in [-0.2, -0.15) is 0 Å². The summed E-state index contributed by atoms with van der Waals surface area (Å²) < 4.78 is 27.5. The Morgan fingerprint density at radius 2 is 1.84 bits per heavy atom. The van der Waals surface area contributed by atoms with Crippen LogP contribution in [0.15, 0.2) is 42.0 Å². The molecule has 1 atom stereocenters. The Bertz CT molecular complexity index is 1020. The molecule has 0 fully saturated rings. The largest absolute Gasteiger partial charge is 0.496 e. The molecule has 1 unspecified atom stereocenters. The van der Waals surface area contributed by atoms with Crippen LogP contribution < -0.4 is 18.9 Å². The first-order valence-corrected chi connectivity index (χ1v) is 10.3. The number of hydrogen-bond donors (Lipinski definition) is 0. The van der Waals surface area contributed by atoms with Gasteiger partial charge in [0.15, 0.2) is 0 Å². The highest BCUT2D eigenvalue weighted by molar-refractivity contribution is 5.90. The maximum absolute atomic E-state index is 12.9. The number of ether oxygens (including phenoxy) is 5. The second kappa shape index (κ2) is 10.2. The first-order chi connectivity index (χ1) is 15.3. The lowest BCUT2D eigenvalue weighted by Crippen LogP contribution is -2.31. The van der Waals surface area contributed by atoms with E-state index in [1.165, 1.54) is 6.92 Å². The average molecular weight is 440 g/mol. The van der Waals surface area contributed by atoms with E-state index in [1.54, 1.807) is 44.6 Å². The van der Waals surface area contributed by atoms with Gasteiger partial charge in [0.1, 0.15) is 35.7 Å². The van der Waals surface area contributed by atoms with E-state index >= 15 is 0 Å². The first kappa shape index (κ1) is 23.2. The van der Waals surface area contributed by atoms with Crippen molar-refractivity contribution < 1.29 is 33.3 Å². The van der Waals surface area contributed by atoms with Gasteiger partial charge in [-0.15, -0.1) is 0 Å². The number of rotatable bonds is 7. The van der Waals surface area contributed by atoms with E-state index in [4.69, 9.17) is 23.7 Å². The van der Waals surface area contributed by atoms with Gasteiger partial charge in [-0.05, 0) is 44.0 Å². The molecule has 0 saturated heterocycles. The Labute approximate surface area is 187 Å². The molecular weight excluding hydrogens is 412 g/mol. The van der Waals surface area contributed by atoms with E-state index in [0.29, 0.717) is 41.4 Å². The highest BCUT2D eigenvalue weighted by Gasteiger charge is 2.27. The van der Waals surface area contributed by atoms with Gasteiger partial charge in [-0.1, -0.05) is 11.6 Å². The molecule has 0 aliphatic carbocycles. The number of benzene rings is 2. The van der Waals surface area contributed by atoms with Crippen molar-refractivity contribution in [2.24, 2.45) is 0 Å². The summed E-state index contributed by atoms with van der Waals surface area (Å²) in [7, 11) is 3.15. The molecule has 1 heterocycles. The summed E-state index contributed by atoms with van der Waals surface area (Å²) in [6.07, 6.45) is 2.53. The predicted octanol–water partition coefficient (Wildman–Crippen LogP) is 4.30. The summed E-state index contributed by atoms with van der Waals surface area (Å²) in [5, 5.41) is 0. The average Bonchev–Trinajstić information content (AvgIpc) is 2.77. The fraction of sp³-hybridized carbons (Fsp3) is 0.360.